The van der Waals surface area contributed by atoms with Crippen molar-refractivity contribution in [2.24, 2.45) is 0 Å². The number of nitrogens with one attached hydrogen (secondary N) is 3. The van der Waals surface area contributed by atoms with Crippen LogP contribution in [0.3, 0.4) is 0 Å². The summed E-state index contributed by atoms with van der Waals surface area (Å²) in [5, 5.41) is 8.68. The van der Waals surface area contributed by atoms with Gasteiger partial charge in [-0.1, -0.05) is 12.8 Å². The van der Waals surface area contributed by atoms with Crippen molar-refractivity contribution in [3.8, 4) is 17.2 Å². The maximum absolute atomic E-state index is 12.7. The lowest BCUT2D eigenvalue weighted by molar-refractivity contribution is -0.126. The fourth-order valence-electron chi connectivity index (χ4n) is 6.52. The van der Waals surface area contributed by atoms with E-state index in [1.54, 1.807) is 18.2 Å². The highest BCUT2D eigenvalue weighted by Crippen LogP contribution is 2.39. The van der Waals surface area contributed by atoms with Crippen molar-refractivity contribution < 1.29 is 47.2 Å². The molecule has 5 N–H and O–H groups in total. The molecule has 0 radical (unpaired) electrons. The Balaban J connectivity index is 1.16. The number of aromatic nitrogens is 2. The Kier molecular flexibility index (Phi) is 22.3. The van der Waals surface area contributed by atoms with Crippen molar-refractivity contribution in [2.45, 2.75) is 71.8 Å². The lowest BCUT2D eigenvalue weighted by Crippen LogP contribution is -2.30. The SMILES string of the molecule is CCN(CC)c1ccc2c(COC(=O)Nc3ncc(Cc4cc(OC)c(OCCCNC(=O)CCC(=O)NCCOCCOCCCCCCCl)c(OC)c4)c(N)n3)cc(=O)oc2c1. The van der Waals surface area contributed by atoms with Crippen molar-refractivity contribution in [1.82, 2.24) is 20.6 Å². The highest BCUT2D eigenvalue weighted by atomic mass is 35.5. The van der Waals surface area contributed by atoms with Gasteiger partial charge in [0, 0.05) is 98.5 Å². The number of fused-ring (bicyclic) bond motifs is 1. The van der Waals surface area contributed by atoms with Crippen molar-refractivity contribution in [2.75, 3.05) is 95.3 Å². The fourth-order valence-corrected chi connectivity index (χ4v) is 6.71. The number of alkyl halides is 1. The highest BCUT2D eigenvalue weighted by Gasteiger charge is 2.18. The zero-order valence-corrected chi connectivity index (χ0v) is 38.0. The summed E-state index contributed by atoms with van der Waals surface area (Å²) in [7, 11) is 3.02. The molecule has 64 heavy (non-hydrogen) atoms. The number of halogens is 1. The molecule has 0 aliphatic rings. The van der Waals surface area contributed by atoms with E-state index < -0.39 is 11.7 Å². The smallest absolute Gasteiger partial charge is 0.414 e. The van der Waals surface area contributed by atoms with Crippen LogP contribution < -0.4 is 46.4 Å². The molecule has 0 unspecified atom stereocenters. The number of ether oxygens (including phenoxy) is 6. The lowest BCUT2D eigenvalue weighted by Gasteiger charge is -2.21. The van der Waals surface area contributed by atoms with Crippen molar-refractivity contribution in [1.29, 1.82) is 0 Å². The van der Waals surface area contributed by atoms with E-state index in [1.165, 1.54) is 26.5 Å². The van der Waals surface area contributed by atoms with Gasteiger partial charge in [-0.3, -0.25) is 14.9 Å². The van der Waals surface area contributed by atoms with Crippen LogP contribution in [-0.4, -0.2) is 107 Å². The molecule has 350 valence electrons. The summed E-state index contributed by atoms with van der Waals surface area (Å²) in [6.07, 6.45) is 5.83. The minimum atomic E-state index is -0.837. The number of anilines is 3. The average Bonchev–Trinajstić information content (AvgIpc) is 3.28. The van der Waals surface area contributed by atoms with E-state index in [9.17, 15) is 19.2 Å². The number of hydrogen-bond donors (Lipinski definition) is 4. The molecule has 0 saturated carbocycles. The Morgan fingerprint density at radius 1 is 0.812 bits per heavy atom. The quantitative estimate of drug-likeness (QED) is 0.0268. The number of methoxy groups -OCH3 is 2. The Labute approximate surface area is 378 Å². The molecule has 0 fully saturated rings. The molecular formula is C45H62ClN7O11. The van der Waals surface area contributed by atoms with E-state index in [-0.39, 0.29) is 49.6 Å². The van der Waals surface area contributed by atoms with Crippen LogP contribution in [0.4, 0.5) is 22.2 Å². The number of nitrogens with two attached hydrogens (primary N) is 1. The van der Waals surface area contributed by atoms with E-state index >= 15 is 0 Å². The Hall–Kier alpha value is -5.85. The number of nitrogen functional groups attached to an aromatic ring is 1. The summed E-state index contributed by atoms with van der Waals surface area (Å²) in [5.41, 5.74) is 8.85. The Bertz CT molecular complexity index is 2130. The van der Waals surface area contributed by atoms with E-state index in [0.717, 1.165) is 50.0 Å². The van der Waals surface area contributed by atoms with Crippen LogP contribution in [0.15, 0.2) is 51.8 Å². The summed E-state index contributed by atoms with van der Waals surface area (Å²) in [4.78, 5) is 60.1. The van der Waals surface area contributed by atoms with Crippen LogP contribution in [-0.2, 0) is 36.8 Å². The molecule has 2 aromatic carbocycles. The second-order valence-electron chi connectivity index (χ2n) is 14.5. The third kappa shape index (κ3) is 17.0. The molecule has 4 rings (SSSR count). The average molecular weight is 912 g/mol. The first-order valence-electron chi connectivity index (χ1n) is 21.6. The van der Waals surface area contributed by atoms with Crippen LogP contribution in [0.25, 0.3) is 11.0 Å². The molecule has 18 nitrogen and oxygen atoms in total. The molecule has 0 saturated heterocycles. The van der Waals surface area contributed by atoms with Crippen LogP contribution in [0, 0.1) is 0 Å². The van der Waals surface area contributed by atoms with Gasteiger partial charge < -0.3 is 54.1 Å². The number of unbranched alkanes of at least 4 members (excludes halogenated alkanes) is 3. The van der Waals surface area contributed by atoms with E-state index in [2.05, 4.69) is 30.8 Å². The fraction of sp³-hybridized carbons (Fsp3) is 0.511. The van der Waals surface area contributed by atoms with Crippen molar-refractivity contribution >= 4 is 57.9 Å². The topological polar surface area (TPSA) is 228 Å². The van der Waals surface area contributed by atoms with Gasteiger partial charge in [0.25, 0.3) is 0 Å². The first-order valence-corrected chi connectivity index (χ1v) is 22.1. The van der Waals surface area contributed by atoms with Gasteiger partial charge in [0.1, 0.15) is 18.0 Å². The number of amides is 3. The molecule has 0 spiro atoms. The number of carbonyl (C=O) groups excluding carboxylic acids is 3. The largest absolute Gasteiger partial charge is 0.493 e. The standard InChI is InChI=1S/C45H62ClN7O11/c1-5-53(6-2)34-12-13-35-33(27-41(56)64-36(35)28-34)30-63-45(57)52-44-50-29-32(43(47)51-44)24-31-25-37(58-3)42(38(26-31)59-4)62-20-11-17-48-39(54)14-15-40(55)49-18-21-61-23-22-60-19-10-8-7-9-16-46/h12-13,25-29H,5-11,14-24,30H2,1-4H3,(H,48,54)(H,49,55)(H3,47,50,51,52,57). The summed E-state index contributed by atoms with van der Waals surface area (Å²) in [6, 6.07) is 10.4. The predicted octanol–water partition coefficient (Wildman–Crippen LogP) is 5.98. The number of hydrogen-bond acceptors (Lipinski definition) is 15. The normalized spacial score (nSPS) is 11.0. The van der Waals surface area contributed by atoms with Gasteiger partial charge >= 0.3 is 11.7 Å². The molecule has 3 amide bonds. The van der Waals surface area contributed by atoms with E-state index in [1.807, 2.05) is 26.0 Å². The van der Waals surface area contributed by atoms with Crippen LogP contribution in [0.5, 0.6) is 17.2 Å². The third-order valence-corrected chi connectivity index (χ3v) is 10.2. The summed E-state index contributed by atoms with van der Waals surface area (Å²) >= 11 is 5.67. The Morgan fingerprint density at radius 3 is 2.17 bits per heavy atom. The lowest BCUT2D eigenvalue weighted by atomic mass is 10.1. The number of nitrogens with zero attached hydrogens (tertiary/aromatic N) is 3. The summed E-state index contributed by atoms with van der Waals surface area (Å²) in [6.45, 7) is 8.45. The van der Waals surface area contributed by atoms with Gasteiger partial charge in [-0.15, -0.1) is 11.6 Å². The van der Waals surface area contributed by atoms with Crippen LogP contribution >= 0.6 is 11.6 Å². The third-order valence-electron chi connectivity index (χ3n) is 9.91. The molecule has 0 aliphatic carbocycles. The van der Waals surface area contributed by atoms with Crippen LogP contribution in [0.1, 0.15) is 75.5 Å². The zero-order chi connectivity index (χ0) is 46.1. The van der Waals surface area contributed by atoms with Crippen molar-refractivity contribution in [3.05, 3.63) is 69.7 Å². The molecule has 4 aromatic rings. The molecule has 2 heterocycles. The number of rotatable bonds is 30. The second kappa shape index (κ2) is 28.0. The van der Waals surface area contributed by atoms with Crippen LogP contribution in [0.2, 0.25) is 0 Å². The van der Waals surface area contributed by atoms with Gasteiger partial charge in [0.2, 0.25) is 23.5 Å². The van der Waals surface area contributed by atoms with Gasteiger partial charge in [-0.25, -0.2) is 14.6 Å². The monoisotopic (exact) mass is 911 g/mol. The first-order chi connectivity index (χ1) is 31.1. The molecule has 0 atom stereocenters. The van der Waals surface area contributed by atoms with Gasteiger partial charge in [0.15, 0.2) is 11.5 Å². The molecular weight excluding hydrogens is 850 g/mol. The van der Waals surface area contributed by atoms with Gasteiger partial charge in [0.05, 0.1) is 40.6 Å². The minimum absolute atomic E-state index is 0.0597. The molecule has 2 aromatic heterocycles. The first kappa shape index (κ1) is 50.8. The molecule has 0 bridgehead atoms. The minimum Gasteiger partial charge on any atom is -0.493 e. The van der Waals surface area contributed by atoms with E-state index in [4.69, 9.17) is 50.2 Å². The maximum Gasteiger partial charge on any atom is 0.414 e. The molecule has 19 heteroatoms. The second-order valence-corrected chi connectivity index (χ2v) is 14.9. The van der Waals surface area contributed by atoms with Crippen molar-refractivity contribution in [3.63, 3.8) is 0 Å². The Morgan fingerprint density at radius 2 is 1.50 bits per heavy atom. The number of benzene rings is 2. The predicted molar refractivity (Wildman–Crippen MR) is 245 cm³/mol. The summed E-state index contributed by atoms with van der Waals surface area (Å²) < 4.78 is 39.1. The summed E-state index contributed by atoms with van der Waals surface area (Å²) in [5.74, 6) is 1.52. The van der Waals surface area contributed by atoms with Gasteiger partial charge in [-0.05, 0) is 62.9 Å². The zero-order valence-electron chi connectivity index (χ0n) is 37.3. The van der Waals surface area contributed by atoms with E-state index in [0.29, 0.717) is 97.6 Å². The van der Waals surface area contributed by atoms with Gasteiger partial charge in [-0.2, -0.15) is 4.98 Å². The highest BCUT2D eigenvalue weighted by molar-refractivity contribution is 6.17. The number of carbonyl (C=O) groups is 3. The molecule has 0 aliphatic heterocycles. The maximum atomic E-state index is 12.7.